The maximum atomic E-state index is 5.48. The fourth-order valence-electron chi connectivity index (χ4n) is 2.16. The summed E-state index contributed by atoms with van der Waals surface area (Å²) in [4.78, 5) is 0. The lowest BCUT2D eigenvalue weighted by atomic mass is 9.82. The van der Waals surface area contributed by atoms with E-state index >= 15 is 0 Å². The monoisotopic (exact) mass is 191 g/mol. The fraction of sp³-hybridized carbons (Fsp3) is 1.00. The molecule has 0 atom stereocenters. The van der Waals surface area contributed by atoms with Crippen molar-refractivity contribution in [3.05, 3.63) is 0 Å². The highest BCUT2D eigenvalue weighted by Gasteiger charge is 2.42. The third-order valence-corrected chi connectivity index (χ3v) is 2.88. The quantitative estimate of drug-likeness (QED) is 0.632. The van der Waals surface area contributed by atoms with Crippen molar-refractivity contribution in [3.63, 3.8) is 0 Å². The van der Waals surface area contributed by atoms with Gasteiger partial charge in [-0.1, -0.05) is 0 Å². The Labute approximate surface area is 80.0 Å². The van der Waals surface area contributed by atoms with E-state index in [0.717, 1.165) is 12.8 Å². The first-order chi connectivity index (χ1) is 5.40. The van der Waals surface area contributed by atoms with Gasteiger partial charge in [0.25, 0.3) is 0 Å². The molecule has 2 nitrogen and oxygen atoms in total. The van der Waals surface area contributed by atoms with E-state index < -0.39 is 0 Å². The molecule has 0 amide bonds. The fourth-order valence-corrected chi connectivity index (χ4v) is 2.54. The van der Waals surface area contributed by atoms with Gasteiger partial charge in [-0.2, -0.15) is 9.45 Å². The second-order valence-electron chi connectivity index (χ2n) is 4.84. The number of hydroxylamine groups is 2. The third-order valence-electron chi connectivity index (χ3n) is 2.75. The average Bonchev–Trinajstić information content (AvgIpc) is 1.83. The Bertz CT molecular complexity index is 152. The van der Waals surface area contributed by atoms with Crippen molar-refractivity contribution in [3.8, 4) is 0 Å². The summed E-state index contributed by atoms with van der Waals surface area (Å²) in [6.45, 7) is 8.65. The Kier molecular flexibility index (Phi) is 2.72. The van der Waals surface area contributed by atoms with Crippen molar-refractivity contribution < 1.29 is 4.39 Å². The molecule has 0 aromatic carbocycles. The molecule has 1 saturated heterocycles. The average molecular weight is 192 g/mol. The van der Waals surface area contributed by atoms with Crippen LogP contribution < -0.4 is 0 Å². The van der Waals surface area contributed by atoms with Gasteiger partial charge in [0.05, 0.1) is 11.9 Å². The molecule has 0 aromatic heterocycles. The number of hydrogen-bond donors (Lipinski definition) is 0. The molecule has 0 aliphatic carbocycles. The minimum absolute atomic E-state index is 0.0590. The molecule has 0 radical (unpaired) electrons. The first-order valence-corrected chi connectivity index (χ1v) is 4.80. The molecule has 0 N–H and O–H groups in total. The normalized spacial score (nSPS) is 28.8. The minimum Gasteiger partial charge on any atom is -0.186 e. The van der Waals surface area contributed by atoms with E-state index in [2.05, 4.69) is 27.7 Å². The topological polar surface area (TPSA) is 12.5 Å². The molecule has 1 aliphatic rings. The molecule has 0 saturated carbocycles. The van der Waals surface area contributed by atoms with Crippen molar-refractivity contribution in [2.24, 2.45) is 0 Å². The van der Waals surface area contributed by atoms with Crippen LogP contribution in [-0.4, -0.2) is 16.1 Å². The number of hydrogen-bond acceptors (Lipinski definition) is 2. The molecule has 72 valence electrons. The molecule has 1 rings (SSSR count). The Morgan fingerprint density at radius 1 is 1.08 bits per heavy atom. The maximum absolute atomic E-state index is 5.48. The Morgan fingerprint density at radius 2 is 1.50 bits per heavy atom. The zero-order valence-electron chi connectivity index (χ0n) is 8.35. The van der Waals surface area contributed by atoms with Crippen LogP contribution in [0, 0.1) is 0 Å². The summed E-state index contributed by atoms with van der Waals surface area (Å²) in [6, 6.07) is 0. The molecule has 0 unspecified atom stereocenters. The van der Waals surface area contributed by atoms with E-state index in [4.69, 9.17) is 16.3 Å². The molecule has 0 aromatic rings. The van der Waals surface area contributed by atoms with E-state index in [1.165, 1.54) is 6.42 Å². The summed E-state index contributed by atoms with van der Waals surface area (Å²) in [5.74, 6) is 0. The van der Waals surface area contributed by atoms with Gasteiger partial charge in [-0.05, 0) is 47.0 Å². The lowest BCUT2D eigenvalue weighted by molar-refractivity contribution is -0.214. The summed E-state index contributed by atoms with van der Waals surface area (Å²) < 4.78 is 4.93. The highest BCUT2D eigenvalue weighted by Crippen LogP contribution is 2.38. The summed E-state index contributed by atoms with van der Waals surface area (Å²) >= 11 is 5.48. The molecule has 0 bridgehead atoms. The molecular formula is C9H18ClNO. The van der Waals surface area contributed by atoms with Crippen molar-refractivity contribution in [1.29, 1.82) is 0 Å². The van der Waals surface area contributed by atoms with Crippen LogP contribution in [0.2, 0.25) is 0 Å². The second-order valence-corrected chi connectivity index (χ2v) is 4.98. The number of halogens is 1. The van der Waals surface area contributed by atoms with Gasteiger partial charge in [-0.3, -0.25) is 0 Å². The van der Waals surface area contributed by atoms with Gasteiger partial charge in [-0.25, -0.2) is 0 Å². The lowest BCUT2D eigenvalue weighted by Gasteiger charge is -2.49. The van der Waals surface area contributed by atoms with Gasteiger partial charge in [0.15, 0.2) is 0 Å². The molecule has 1 fully saturated rings. The minimum atomic E-state index is 0.0590. The standard InChI is InChI=1S/C9H18ClNO/c1-8(2)6-5-7-9(3,4)11(8)12-10/h5-7H2,1-4H3. The van der Waals surface area contributed by atoms with Crippen molar-refractivity contribution in [2.45, 2.75) is 58.0 Å². The van der Waals surface area contributed by atoms with Gasteiger partial charge in [0.2, 0.25) is 0 Å². The number of rotatable bonds is 1. The van der Waals surface area contributed by atoms with Crippen LogP contribution in [-0.2, 0) is 4.39 Å². The molecule has 1 aliphatic heterocycles. The highest BCUT2D eigenvalue weighted by atomic mass is 35.5. The number of piperidine rings is 1. The van der Waals surface area contributed by atoms with E-state index in [-0.39, 0.29) is 11.1 Å². The van der Waals surface area contributed by atoms with Gasteiger partial charge < -0.3 is 0 Å². The SMILES string of the molecule is CC1(C)CCCC(C)(C)N1OCl. The van der Waals surface area contributed by atoms with Crippen LogP contribution in [0.3, 0.4) is 0 Å². The Balaban J connectivity index is 2.81. The second kappa shape index (κ2) is 3.17. The van der Waals surface area contributed by atoms with E-state index in [1.54, 1.807) is 0 Å². The summed E-state index contributed by atoms with van der Waals surface area (Å²) in [5.41, 5.74) is 0.118. The lowest BCUT2D eigenvalue weighted by Crippen LogP contribution is -2.56. The molecular weight excluding hydrogens is 174 g/mol. The van der Waals surface area contributed by atoms with Gasteiger partial charge in [0, 0.05) is 11.1 Å². The smallest absolute Gasteiger partial charge is 0.0840 e. The zero-order chi connectivity index (χ0) is 9.41. The highest BCUT2D eigenvalue weighted by molar-refractivity contribution is 6.07. The predicted molar refractivity (Wildman–Crippen MR) is 50.8 cm³/mol. The Hall–Kier alpha value is 0.210. The van der Waals surface area contributed by atoms with Crippen molar-refractivity contribution in [2.75, 3.05) is 0 Å². The molecule has 12 heavy (non-hydrogen) atoms. The predicted octanol–water partition coefficient (Wildman–Crippen LogP) is 3.11. The first-order valence-electron chi connectivity index (χ1n) is 4.49. The van der Waals surface area contributed by atoms with E-state index in [1.807, 2.05) is 5.06 Å². The van der Waals surface area contributed by atoms with Crippen molar-refractivity contribution >= 4 is 11.9 Å². The molecule has 1 heterocycles. The molecule has 0 spiro atoms. The van der Waals surface area contributed by atoms with Gasteiger partial charge in [0.1, 0.15) is 0 Å². The van der Waals surface area contributed by atoms with Crippen LogP contribution in [0.1, 0.15) is 47.0 Å². The van der Waals surface area contributed by atoms with Crippen molar-refractivity contribution in [1.82, 2.24) is 5.06 Å². The van der Waals surface area contributed by atoms with E-state index in [9.17, 15) is 0 Å². The van der Waals surface area contributed by atoms with Crippen LogP contribution in [0.25, 0.3) is 0 Å². The third kappa shape index (κ3) is 1.76. The number of nitrogens with zero attached hydrogens (tertiary/aromatic N) is 1. The van der Waals surface area contributed by atoms with E-state index in [0.29, 0.717) is 0 Å². The van der Waals surface area contributed by atoms with Crippen LogP contribution in [0.4, 0.5) is 0 Å². The summed E-state index contributed by atoms with van der Waals surface area (Å²) in [6.07, 6.45) is 3.53. The first kappa shape index (κ1) is 10.3. The Morgan fingerprint density at radius 3 is 1.75 bits per heavy atom. The van der Waals surface area contributed by atoms with Gasteiger partial charge in [-0.15, -0.1) is 0 Å². The van der Waals surface area contributed by atoms with Crippen LogP contribution in [0.5, 0.6) is 0 Å². The largest absolute Gasteiger partial charge is 0.186 e. The molecule has 3 heteroatoms. The zero-order valence-corrected chi connectivity index (χ0v) is 9.11. The van der Waals surface area contributed by atoms with Crippen LogP contribution >= 0.6 is 11.9 Å². The van der Waals surface area contributed by atoms with Crippen LogP contribution in [0.15, 0.2) is 0 Å². The van der Waals surface area contributed by atoms with Gasteiger partial charge >= 0.3 is 0 Å². The summed E-state index contributed by atoms with van der Waals surface area (Å²) in [7, 11) is 0. The summed E-state index contributed by atoms with van der Waals surface area (Å²) in [5, 5.41) is 1.91. The maximum Gasteiger partial charge on any atom is 0.0840 e.